The van der Waals surface area contributed by atoms with Crippen LogP contribution in [0.1, 0.15) is 39.0 Å². The molecule has 1 heterocycles. The van der Waals surface area contributed by atoms with Crippen molar-refractivity contribution in [3.8, 4) is 0 Å². The first-order chi connectivity index (χ1) is 26.3. The molecule has 0 spiro atoms. The van der Waals surface area contributed by atoms with Crippen LogP contribution in [0.4, 0.5) is 0 Å². The molecular weight excluding hydrogens is 693 g/mol. The number of hydrogen-bond acceptors (Lipinski definition) is 7. The highest BCUT2D eigenvalue weighted by atomic mass is 28.4. The number of carbonyl (C=O) groups is 1. The predicted molar refractivity (Wildman–Crippen MR) is 213 cm³/mol. The standard InChI is InChI=1S/C46H52O7Si/c1-54(2,3)53-41(29-40(47)39-27-17-8-18-28-39)44-46(51-33-38-25-15-7-16-26-38)45(50-32-37-23-13-6-14-24-37)43(49-31-36-21-11-5-12-22-36)42(52-44)34-48-30-35-19-9-4-10-20-35/h4-28,41-46H,29-34H2,1-3H3/t41-,42+,43+,44-,45-,46-/m0/s1. The number of carbonyl (C=O) groups excluding carboxylic acids is 1. The monoisotopic (exact) mass is 744 g/mol. The van der Waals surface area contributed by atoms with Crippen LogP contribution in [0.25, 0.3) is 0 Å². The summed E-state index contributed by atoms with van der Waals surface area (Å²) >= 11 is 0. The van der Waals surface area contributed by atoms with E-state index in [1.165, 1.54) is 0 Å². The lowest BCUT2D eigenvalue weighted by Gasteiger charge is -2.49. The molecular formula is C46H52O7Si. The number of Topliss-reactive ketones (excluding diaryl/α,β-unsaturated/α-hetero) is 1. The largest absolute Gasteiger partial charge is 0.412 e. The molecule has 0 unspecified atom stereocenters. The molecule has 0 saturated carbocycles. The van der Waals surface area contributed by atoms with Gasteiger partial charge in [-0.15, -0.1) is 0 Å². The van der Waals surface area contributed by atoms with E-state index in [1.54, 1.807) is 0 Å². The Bertz CT molecular complexity index is 1800. The van der Waals surface area contributed by atoms with Crippen LogP contribution in [-0.2, 0) is 54.5 Å². The molecule has 5 aromatic rings. The van der Waals surface area contributed by atoms with E-state index in [9.17, 15) is 4.79 Å². The number of ether oxygens (including phenoxy) is 5. The van der Waals surface area contributed by atoms with Crippen molar-refractivity contribution in [1.29, 1.82) is 0 Å². The van der Waals surface area contributed by atoms with Crippen molar-refractivity contribution in [2.24, 2.45) is 0 Å². The van der Waals surface area contributed by atoms with Crippen LogP contribution in [0.5, 0.6) is 0 Å². The van der Waals surface area contributed by atoms with Gasteiger partial charge in [0.1, 0.15) is 30.5 Å². The van der Waals surface area contributed by atoms with Crippen molar-refractivity contribution < 1.29 is 32.9 Å². The minimum absolute atomic E-state index is 0.0228. The summed E-state index contributed by atoms with van der Waals surface area (Å²) < 4.78 is 41.2. The van der Waals surface area contributed by atoms with Gasteiger partial charge in [-0.2, -0.15) is 0 Å². The molecule has 6 atom stereocenters. The third-order valence-corrected chi connectivity index (χ3v) is 10.3. The van der Waals surface area contributed by atoms with Crippen molar-refractivity contribution in [2.75, 3.05) is 6.61 Å². The number of benzene rings is 5. The average Bonchev–Trinajstić information content (AvgIpc) is 3.20. The summed E-state index contributed by atoms with van der Waals surface area (Å²) in [6, 6.07) is 49.7. The average molecular weight is 745 g/mol. The first-order valence-electron chi connectivity index (χ1n) is 18.8. The molecule has 7 nitrogen and oxygen atoms in total. The fourth-order valence-electron chi connectivity index (χ4n) is 6.73. The van der Waals surface area contributed by atoms with Crippen LogP contribution in [0, 0.1) is 0 Å². The third-order valence-electron chi connectivity index (χ3n) is 9.27. The van der Waals surface area contributed by atoms with Crippen LogP contribution in [0.15, 0.2) is 152 Å². The topological polar surface area (TPSA) is 72.5 Å². The van der Waals surface area contributed by atoms with Gasteiger partial charge in [0, 0.05) is 12.0 Å². The van der Waals surface area contributed by atoms with Gasteiger partial charge in [0.15, 0.2) is 14.1 Å². The Labute approximate surface area is 321 Å². The lowest BCUT2D eigenvalue weighted by atomic mass is 9.89. The number of rotatable bonds is 19. The fourth-order valence-corrected chi connectivity index (χ4v) is 7.85. The molecule has 5 aromatic carbocycles. The molecule has 1 saturated heterocycles. The summed E-state index contributed by atoms with van der Waals surface area (Å²) in [5, 5.41) is 0. The van der Waals surface area contributed by atoms with Gasteiger partial charge in [-0.05, 0) is 41.9 Å². The fraction of sp³-hybridized carbons (Fsp3) is 0.326. The Morgan fingerprint density at radius 3 is 1.43 bits per heavy atom. The van der Waals surface area contributed by atoms with E-state index in [-0.39, 0.29) is 18.8 Å². The van der Waals surface area contributed by atoms with E-state index in [2.05, 4.69) is 19.6 Å². The zero-order valence-corrected chi connectivity index (χ0v) is 32.5. The van der Waals surface area contributed by atoms with E-state index in [1.807, 2.05) is 152 Å². The van der Waals surface area contributed by atoms with Gasteiger partial charge in [0.2, 0.25) is 0 Å². The van der Waals surface area contributed by atoms with Gasteiger partial charge in [-0.1, -0.05) is 152 Å². The van der Waals surface area contributed by atoms with Crippen LogP contribution in [0.3, 0.4) is 0 Å². The summed E-state index contributed by atoms with van der Waals surface area (Å²) in [4.78, 5) is 14.0. The zero-order valence-electron chi connectivity index (χ0n) is 31.5. The summed E-state index contributed by atoms with van der Waals surface area (Å²) in [6.07, 6.45) is -3.62. The van der Waals surface area contributed by atoms with E-state index < -0.39 is 44.9 Å². The second-order valence-corrected chi connectivity index (χ2v) is 19.1. The van der Waals surface area contributed by atoms with Gasteiger partial charge in [0.05, 0.1) is 39.1 Å². The molecule has 0 aliphatic carbocycles. The van der Waals surface area contributed by atoms with Crippen molar-refractivity contribution in [3.05, 3.63) is 179 Å². The minimum atomic E-state index is -2.24. The van der Waals surface area contributed by atoms with Crippen molar-refractivity contribution in [1.82, 2.24) is 0 Å². The summed E-state index contributed by atoms with van der Waals surface area (Å²) in [6.45, 7) is 8.00. The van der Waals surface area contributed by atoms with Crippen molar-refractivity contribution >= 4 is 14.1 Å². The Hall–Kier alpha value is -4.25. The third kappa shape index (κ3) is 11.9. The second-order valence-electron chi connectivity index (χ2n) is 14.7. The first-order valence-corrected chi connectivity index (χ1v) is 22.2. The highest BCUT2D eigenvalue weighted by Crippen LogP contribution is 2.35. The van der Waals surface area contributed by atoms with Crippen LogP contribution in [-0.4, -0.2) is 57.3 Å². The molecule has 54 heavy (non-hydrogen) atoms. The summed E-state index contributed by atoms with van der Waals surface area (Å²) in [5.74, 6) is -0.0228. The van der Waals surface area contributed by atoms with E-state index in [0.29, 0.717) is 32.0 Å². The molecule has 282 valence electrons. The molecule has 0 radical (unpaired) electrons. The van der Waals surface area contributed by atoms with E-state index in [4.69, 9.17) is 28.1 Å². The van der Waals surface area contributed by atoms with Gasteiger partial charge >= 0.3 is 0 Å². The van der Waals surface area contributed by atoms with E-state index >= 15 is 0 Å². The maximum Gasteiger partial charge on any atom is 0.184 e. The lowest BCUT2D eigenvalue weighted by Crippen LogP contribution is -2.64. The van der Waals surface area contributed by atoms with Gasteiger partial charge in [0.25, 0.3) is 0 Å². The quantitative estimate of drug-likeness (QED) is 0.0617. The van der Waals surface area contributed by atoms with Gasteiger partial charge in [-0.3, -0.25) is 4.79 Å². The maximum absolute atomic E-state index is 14.0. The van der Waals surface area contributed by atoms with Gasteiger partial charge < -0.3 is 28.1 Å². The molecule has 8 heteroatoms. The van der Waals surface area contributed by atoms with Crippen molar-refractivity contribution in [2.45, 2.75) is 89.1 Å². The van der Waals surface area contributed by atoms with Crippen LogP contribution in [0.2, 0.25) is 19.6 Å². The lowest BCUT2D eigenvalue weighted by molar-refractivity contribution is -0.285. The first kappa shape index (κ1) is 39.4. The highest BCUT2D eigenvalue weighted by Gasteiger charge is 2.52. The number of hydrogen-bond donors (Lipinski definition) is 0. The zero-order chi connectivity index (χ0) is 37.6. The molecule has 1 aliphatic rings. The number of ketones is 1. The SMILES string of the molecule is C[Si](C)(C)O[C@@H](CC(=O)c1ccccc1)[C@@H]1O[C@H](COCc2ccccc2)[C@@H](OCc2ccccc2)[C@H](OCc2ccccc2)[C@H]1OCc1ccccc1. The molecule has 0 N–H and O–H groups in total. The van der Waals surface area contributed by atoms with Gasteiger partial charge in [-0.25, -0.2) is 0 Å². The smallest absolute Gasteiger partial charge is 0.184 e. The Morgan fingerprint density at radius 2 is 0.963 bits per heavy atom. The summed E-state index contributed by atoms with van der Waals surface area (Å²) in [7, 11) is -2.24. The molecule has 0 amide bonds. The van der Waals surface area contributed by atoms with E-state index in [0.717, 1.165) is 22.3 Å². The molecule has 1 aliphatic heterocycles. The molecule has 6 rings (SSSR count). The Kier molecular flexibility index (Phi) is 14.5. The minimum Gasteiger partial charge on any atom is -0.412 e. The second kappa shape index (κ2) is 19.9. The highest BCUT2D eigenvalue weighted by molar-refractivity contribution is 6.69. The van der Waals surface area contributed by atoms with Crippen LogP contribution < -0.4 is 0 Å². The summed E-state index contributed by atoms with van der Waals surface area (Å²) in [5.41, 5.74) is 4.75. The molecule has 0 bridgehead atoms. The van der Waals surface area contributed by atoms with Crippen molar-refractivity contribution in [3.63, 3.8) is 0 Å². The molecule has 0 aromatic heterocycles. The Morgan fingerprint density at radius 1 is 0.556 bits per heavy atom. The van der Waals surface area contributed by atoms with Crippen LogP contribution >= 0.6 is 0 Å². The predicted octanol–water partition coefficient (Wildman–Crippen LogP) is 9.22. The Balaban J connectivity index is 1.39. The maximum atomic E-state index is 14.0. The molecule has 1 fully saturated rings. The normalized spacial score (nSPS) is 20.7.